The van der Waals surface area contributed by atoms with Crippen LogP contribution < -0.4 is 0 Å². The summed E-state index contributed by atoms with van der Waals surface area (Å²) in [6, 6.07) is 23.0. The summed E-state index contributed by atoms with van der Waals surface area (Å²) in [5.41, 5.74) is 3.17. The minimum atomic E-state index is -0.131. The number of fused-ring (bicyclic) bond motifs is 3. The molecular formula is C29H20N4O2. The molecule has 0 amide bonds. The van der Waals surface area contributed by atoms with Crippen molar-refractivity contribution in [3.63, 3.8) is 0 Å². The van der Waals surface area contributed by atoms with Crippen molar-refractivity contribution in [2.45, 2.75) is 12.8 Å². The fraction of sp³-hybridized carbons (Fsp3) is 0.0690. The van der Waals surface area contributed by atoms with Gasteiger partial charge in [0.25, 0.3) is 0 Å². The van der Waals surface area contributed by atoms with Crippen LogP contribution in [0.3, 0.4) is 0 Å². The fourth-order valence-corrected chi connectivity index (χ4v) is 4.39. The Balaban J connectivity index is 1.26. The highest BCUT2D eigenvalue weighted by Crippen LogP contribution is 2.22. The van der Waals surface area contributed by atoms with Crippen LogP contribution >= 0.6 is 0 Å². The zero-order chi connectivity index (χ0) is 23.8. The number of hydrogen-bond acceptors (Lipinski definition) is 5. The van der Waals surface area contributed by atoms with Crippen LogP contribution in [0.1, 0.15) is 32.2 Å². The zero-order valence-electron chi connectivity index (χ0n) is 18.7. The Labute approximate surface area is 200 Å². The Morgan fingerprint density at radius 1 is 0.743 bits per heavy atom. The average Bonchev–Trinajstić information content (AvgIpc) is 3.30. The molecule has 0 spiro atoms. The molecule has 0 fully saturated rings. The highest BCUT2D eigenvalue weighted by atomic mass is 16.1. The topological polar surface area (TPSA) is 88.6 Å². The molecule has 6 heteroatoms. The van der Waals surface area contributed by atoms with E-state index in [1.54, 1.807) is 24.5 Å². The number of para-hydroxylation sites is 1. The molecule has 3 heterocycles. The van der Waals surface area contributed by atoms with Gasteiger partial charge in [0, 0.05) is 41.3 Å². The number of imidazole rings is 1. The molecule has 0 saturated carbocycles. The number of aromatic nitrogens is 4. The molecule has 3 aromatic carbocycles. The number of pyridine rings is 2. The van der Waals surface area contributed by atoms with Crippen molar-refractivity contribution < 1.29 is 9.59 Å². The van der Waals surface area contributed by atoms with Crippen LogP contribution in [0.2, 0.25) is 0 Å². The molecule has 0 bridgehead atoms. The summed E-state index contributed by atoms with van der Waals surface area (Å²) in [5.74, 6) is 0.358. The third kappa shape index (κ3) is 4.06. The second-order valence-corrected chi connectivity index (χ2v) is 8.56. The molecule has 0 radical (unpaired) electrons. The molecular weight excluding hydrogens is 436 g/mol. The second kappa shape index (κ2) is 8.57. The Morgan fingerprint density at radius 3 is 2.49 bits per heavy atom. The van der Waals surface area contributed by atoms with Gasteiger partial charge in [-0.15, -0.1) is 0 Å². The predicted octanol–water partition coefficient (Wildman–Crippen LogP) is 5.51. The van der Waals surface area contributed by atoms with Gasteiger partial charge < -0.3 is 4.98 Å². The van der Waals surface area contributed by atoms with Gasteiger partial charge in [-0.05, 0) is 40.6 Å². The number of rotatable bonds is 6. The SMILES string of the molecule is O=C(Cc1nc2c(C(=O)Cc3ccc4cnccc4c3)cccc2[nH]1)c1cc2ccccc2cn1. The lowest BCUT2D eigenvalue weighted by Crippen LogP contribution is -2.07. The van der Waals surface area contributed by atoms with Gasteiger partial charge in [-0.25, -0.2) is 4.98 Å². The van der Waals surface area contributed by atoms with Gasteiger partial charge in [-0.3, -0.25) is 19.6 Å². The number of benzene rings is 3. The first kappa shape index (κ1) is 20.9. The van der Waals surface area contributed by atoms with Crippen LogP contribution in [0.15, 0.2) is 91.4 Å². The predicted molar refractivity (Wildman–Crippen MR) is 136 cm³/mol. The van der Waals surface area contributed by atoms with E-state index in [4.69, 9.17) is 0 Å². The largest absolute Gasteiger partial charge is 0.342 e. The van der Waals surface area contributed by atoms with E-state index in [9.17, 15) is 9.59 Å². The standard InChI is InChI=1S/C29H20N4O2/c34-26(13-18-8-9-22-16-30-11-10-20(22)12-18)23-6-3-7-24-29(23)33-28(32-24)15-27(35)25-14-19-4-1-2-5-21(19)17-31-25/h1-12,14,16-17H,13,15H2,(H,32,33). The van der Waals surface area contributed by atoms with Crippen LogP contribution in [-0.4, -0.2) is 31.5 Å². The summed E-state index contributed by atoms with van der Waals surface area (Å²) in [4.78, 5) is 42.4. The molecule has 0 aliphatic heterocycles. The number of carbonyl (C=O) groups excluding carboxylic acids is 2. The number of aromatic amines is 1. The molecule has 6 aromatic rings. The van der Waals surface area contributed by atoms with E-state index in [1.165, 1.54) is 0 Å². The van der Waals surface area contributed by atoms with E-state index >= 15 is 0 Å². The van der Waals surface area contributed by atoms with E-state index in [0.717, 1.165) is 32.6 Å². The molecule has 0 aliphatic carbocycles. The first-order chi connectivity index (χ1) is 17.1. The summed E-state index contributed by atoms with van der Waals surface area (Å²) in [6.45, 7) is 0. The number of ketones is 2. The lowest BCUT2D eigenvalue weighted by Gasteiger charge is -2.04. The highest BCUT2D eigenvalue weighted by molar-refractivity contribution is 6.07. The third-order valence-electron chi connectivity index (χ3n) is 6.18. The highest BCUT2D eigenvalue weighted by Gasteiger charge is 2.17. The molecule has 6 nitrogen and oxygen atoms in total. The van der Waals surface area contributed by atoms with Crippen molar-refractivity contribution in [1.29, 1.82) is 0 Å². The lowest BCUT2D eigenvalue weighted by atomic mass is 10.00. The van der Waals surface area contributed by atoms with Crippen molar-refractivity contribution >= 4 is 44.1 Å². The molecule has 1 N–H and O–H groups in total. The Morgan fingerprint density at radius 2 is 1.57 bits per heavy atom. The molecule has 6 rings (SSSR count). The van der Waals surface area contributed by atoms with E-state index < -0.39 is 0 Å². The molecule has 168 valence electrons. The van der Waals surface area contributed by atoms with Crippen molar-refractivity contribution in [2.24, 2.45) is 0 Å². The number of nitrogens with zero attached hydrogens (tertiary/aromatic N) is 3. The van der Waals surface area contributed by atoms with Gasteiger partial charge >= 0.3 is 0 Å². The molecule has 35 heavy (non-hydrogen) atoms. The maximum atomic E-state index is 13.2. The Bertz CT molecular complexity index is 1750. The van der Waals surface area contributed by atoms with Crippen LogP contribution in [0.5, 0.6) is 0 Å². The van der Waals surface area contributed by atoms with E-state index in [-0.39, 0.29) is 24.4 Å². The van der Waals surface area contributed by atoms with Gasteiger partial charge in [-0.1, -0.05) is 48.5 Å². The van der Waals surface area contributed by atoms with Crippen LogP contribution in [0.4, 0.5) is 0 Å². The van der Waals surface area contributed by atoms with Crippen LogP contribution in [0, 0.1) is 0 Å². The lowest BCUT2D eigenvalue weighted by molar-refractivity contribution is 0.0982. The van der Waals surface area contributed by atoms with Crippen molar-refractivity contribution in [1.82, 2.24) is 19.9 Å². The fourth-order valence-electron chi connectivity index (χ4n) is 4.39. The van der Waals surface area contributed by atoms with Gasteiger partial charge in [-0.2, -0.15) is 0 Å². The Hall–Kier alpha value is -4.71. The number of Topliss-reactive ketones (excluding diaryl/α,β-unsaturated/α-hetero) is 2. The third-order valence-corrected chi connectivity index (χ3v) is 6.18. The summed E-state index contributed by atoms with van der Waals surface area (Å²) >= 11 is 0. The second-order valence-electron chi connectivity index (χ2n) is 8.56. The summed E-state index contributed by atoms with van der Waals surface area (Å²) in [5, 5.41) is 4.03. The zero-order valence-corrected chi connectivity index (χ0v) is 18.7. The number of nitrogens with one attached hydrogen (secondary N) is 1. The van der Waals surface area contributed by atoms with E-state index in [2.05, 4.69) is 19.9 Å². The summed E-state index contributed by atoms with van der Waals surface area (Å²) in [6.07, 6.45) is 5.60. The normalized spacial score (nSPS) is 11.3. The average molecular weight is 457 g/mol. The van der Waals surface area contributed by atoms with E-state index in [1.807, 2.05) is 66.9 Å². The number of hydrogen-bond donors (Lipinski definition) is 1. The van der Waals surface area contributed by atoms with E-state index in [0.29, 0.717) is 22.6 Å². The quantitative estimate of drug-likeness (QED) is 0.334. The van der Waals surface area contributed by atoms with Crippen LogP contribution in [0.25, 0.3) is 32.6 Å². The summed E-state index contributed by atoms with van der Waals surface area (Å²) < 4.78 is 0. The minimum absolute atomic E-state index is 0.0235. The molecule has 3 aromatic heterocycles. The maximum absolute atomic E-state index is 13.2. The molecule has 0 atom stereocenters. The Kier molecular flexibility index (Phi) is 5.11. The summed E-state index contributed by atoms with van der Waals surface area (Å²) in [7, 11) is 0. The molecule has 0 saturated heterocycles. The van der Waals surface area contributed by atoms with Gasteiger partial charge in [0.1, 0.15) is 11.5 Å². The van der Waals surface area contributed by atoms with Crippen LogP contribution in [-0.2, 0) is 12.8 Å². The van der Waals surface area contributed by atoms with Gasteiger partial charge in [0.05, 0.1) is 17.5 Å². The van der Waals surface area contributed by atoms with Crippen molar-refractivity contribution in [3.05, 3.63) is 114 Å². The smallest absolute Gasteiger partial charge is 0.188 e. The number of H-pyrrole nitrogens is 1. The first-order valence-electron chi connectivity index (χ1n) is 11.4. The van der Waals surface area contributed by atoms with Crippen molar-refractivity contribution in [2.75, 3.05) is 0 Å². The van der Waals surface area contributed by atoms with Crippen molar-refractivity contribution in [3.8, 4) is 0 Å². The molecule has 0 aliphatic rings. The van der Waals surface area contributed by atoms with Gasteiger partial charge in [0.2, 0.25) is 0 Å². The maximum Gasteiger partial charge on any atom is 0.188 e. The first-order valence-corrected chi connectivity index (χ1v) is 11.4. The molecule has 0 unspecified atom stereocenters. The monoisotopic (exact) mass is 456 g/mol. The number of carbonyl (C=O) groups is 2. The minimum Gasteiger partial charge on any atom is -0.342 e. The van der Waals surface area contributed by atoms with Gasteiger partial charge in [0.15, 0.2) is 11.6 Å².